The zero-order chi connectivity index (χ0) is 23.8. The number of nitrogens with zero attached hydrogens (tertiary/aromatic N) is 1. The number of hydrogen-bond donors (Lipinski definition) is 1. The van der Waals surface area contributed by atoms with Gasteiger partial charge in [-0.2, -0.15) is 0 Å². The van der Waals surface area contributed by atoms with E-state index in [-0.39, 0.29) is 12.3 Å². The average Bonchev–Trinajstić information content (AvgIpc) is 2.86. The summed E-state index contributed by atoms with van der Waals surface area (Å²) in [4.78, 5) is 10.5. The number of ether oxygens (including phenoxy) is 4. The highest BCUT2D eigenvalue weighted by atomic mass is 16.7. The van der Waals surface area contributed by atoms with Gasteiger partial charge in [0.05, 0.1) is 24.7 Å². The van der Waals surface area contributed by atoms with Gasteiger partial charge in [-0.05, 0) is 23.3 Å². The third-order valence-corrected chi connectivity index (χ3v) is 5.55. The Morgan fingerprint density at radius 3 is 2.12 bits per heavy atom. The molecule has 3 aromatic carbocycles. The van der Waals surface area contributed by atoms with Crippen LogP contribution in [0.1, 0.15) is 17.5 Å². The fourth-order valence-corrected chi connectivity index (χ4v) is 3.74. The number of nitro groups is 1. The second-order valence-corrected chi connectivity index (χ2v) is 8.04. The maximum Gasteiger partial charge on any atom is 0.269 e. The molecule has 1 aliphatic rings. The van der Waals surface area contributed by atoms with E-state index in [1.807, 2.05) is 60.7 Å². The van der Waals surface area contributed by atoms with Gasteiger partial charge in [-0.15, -0.1) is 0 Å². The maximum absolute atomic E-state index is 10.9. The predicted molar refractivity (Wildman–Crippen MR) is 124 cm³/mol. The van der Waals surface area contributed by atoms with Crippen LogP contribution in [-0.2, 0) is 27.4 Å². The molecule has 0 unspecified atom stereocenters. The van der Waals surface area contributed by atoms with Gasteiger partial charge in [0, 0.05) is 18.6 Å². The predicted octanol–water partition coefficient (Wildman–Crippen LogP) is 4.25. The van der Waals surface area contributed by atoms with E-state index in [9.17, 15) is 15.2 Å². The number of aliphatic hydroxyl groups is 1. The van der Waals surface area contributed by atoms with Crippen LogP contribution in [0.3, 0.4) is 0 Å². The van der Waals surface area contributed by atoms with Crippen LogP contribution in [0.4, 0.5) is 5.69 Å². The summed E-state index contributed by atoms with van der Waals surface area (Å²) < 4.78 is 23.7. The number of benzene rings is 3. The smallest absolute Gasteiger partial charge is 0.269 e. The van der Waals surface area contributed by atoms with Crippen LogP contribution >= 0.6 is 0 Å². The molecular weight excluding hydrogens is 438 g/mol. The SMILES string of the molecule is O=[N+]([O-])c1ccc(O[C@@H]2C[C@@H](OCc3ccccc3)[C@@H](O)O[C@@H]2COCc2ccccc2)cc1. The van der Waals surface area contributed by atoms with Crippen molar-refractivity contribution < 1.29 is 29.0 Å². The van der Waals surface area contributed by atoms with E-state index in [0.717, 1.165) is 11.1 Å². The Morgan fingerprint density at radius 2 is 1.50 bits per heavy atom. The minimum Gasteiger partial charge on any atom is -0.488 e. The monoisotopic (exact) mass is 465 g/mol. The molecule has 34 heavy (non-hydrogen) atoms. The van der Waals surface area contributed by atoms with Crippen molar-refractivity contribution in [1.82, 2.24) is 0 Å². The van der Waals surface area contributed by atoms with Crippen molar-refractivity contribution in [3.05, 3.63) is 106 Å². The number of aliphatic hydroxyl groups excluding tert-OH is 1. The Morgan fingerprint density at radius 1 is 0.882 bits per heavy atom. The van der Waals surface area contributed by atoms with Gasteiger partial charge in [0.25, 0.3) is 5.69 Å². The highest BCUT2D eigenvalue weighted by molar-refractivity contribution is 5.36. The van der Waals surface area contributed by atoms with Crippen LogP contribution in [0.2, 0.25) is 0 Å². The molecule has 4 rings (SSSR count). The van der Waals surface area contributed by atoms with E-state index < -0.39 is 29.5 Å². The molecule has 1 fully saturated rings. The Bertz CT molecular complexity index is 1030. The molecule has 1 aliphatic heterocycles. The molecule has 4 atom stereocenters. The second-order valence-electron chi connectivity index (χ2n) is 8.04. The van der Waals surface area contributed by atoms with Crippen molar-refractivity contribution >= 4 is 5.69 Å². The molecule has 0 radical (unpaired) electrons. The highest BCUT2D eigenvalue weighted by Gasteiger charge is 2.39. The van der Waals surface area contributed by atoms with Gasteiger partial charge in [0.15, 0.2) is 6.29 Å². The number of non-ortho nitro benzene ring substituents is 1. The molecule has 0 spiro atoms. The van der Waals surface area contributed by atoms with Crippen molar-refractivity contribution in [3.8, 4) is 5.75 Å². The molecule has 1 N–H and O–H groups in total. The summed E-state index contributed by atoms with van der Waals surface area (Å²) >= 11 is 0. The van der Waals surface area contributed by atoms with Gasteiger partial charge in [0.1, 0.15) is 24.1 Å². The van der Waals surface area contributed by atoms with Crippen molar-refractivity contribution in [2.45, 2.75) is 44.2 Å². The summed E-state index contributed by atoms with van der Waals surface area (Å²) in [5.74, 6) is 0.463. The van der Waals surface area contributed by atoms with Crippen molar-refractivity contribution in [2.24, 2.45) is 0 Å². The second kappa shape index (κ2) is 11.7. The first kappa shape index (κ1) is 23.8. The lowest BCUT2D eigenvalue weighted by Crippen LogP contribution is -2.52. The Hall–Kier alpha value is -3.30. The van der Waals surface area contributed by atoms with Crippen LogP contribution in [0.25, 0.3) is 0 Å². The van der Waals surface area contributed by atoms with Gasteiger partial charge in [-0.3, -0.25) is 10.1 Å². The highest BCUT2D eigenvalue weighted by Crippen LogP contribution is 2.28. The normalized spacial score (nSPS) is 22.3. The van der Waals surface area contributed by atoms with E-state index in [4.69, 9.17) is 18.9 Å². The van der Waals surface area contributed by atoms with E-state index in [1.54, 1.807) is 12.1 Å². The number of hydrogen-bond acceptors (Lipinski definition) is 7. The minimum atomic E-state index is -1.13. The van der Waals surface area contributed by atoms with Crippen LogP contribution in [-0.4, -0.2) is 41.2 Å². The van der Waals surface area contributed by atoms with E-state index in [1.165, 1.54) is 12.1 Å². The van der Waals surface area contributed by atoms with E-state index in [2.05, 4.69) is 0 Å². The third kappa shape index (κ3) is 6.61. The lowest BCUT2D eigenvalue weighted by Gasteiger charge is -2.39. The average molecular weight is 466 g/mol. The van der Waals surface area contributed by atoms with Gasteiger partial charge >= 0.3 is 0 Å². The Labute approximate surface area is 197 Å². The molecule has 178 valence electrons. The molecule has 0 aliphatic carbocycles. The lowest BCUT2D eigenvalue weighted by atomic mass is 10.0. The van der Waals surface area contributed by atoms with Crippen molar-refractivity contribution in [1.29, 1.82) is 0 Å². The quantitative estimate of drug-likeness (QED) is 0.353. The van der Waals surface area contributed by atoms with Crippen LogP contribution in [0.5, 0.6) is 5.75 Å². The third-order valence-electron chi connectivity index (χ3n) is 5.55. The molecule has 0 saturated carbocycles. The molecule has 0 aromatic heterocycles. The zero-order valence-electron chi connectivity index (χ0n) is 18.6. The van der Waals surface area contributed by atoms with Crippen molar-refractivity contribution in [2.75, 3.05) is 6.61 Å². The first-order chi connectivity index (χ1) is 16.6. The van der Waals surface area contributed by atoms with E-state index in [0.29, 0.717) is 25.4 Å². The maximum atomic E-state index is 10.9. The van der Waals surface area contributed by atoms with Crippen molar-refractivity contribution in [3.63, 3.8) is 0 Å². The number of nitro benzene ring substituents is 1. The molecule has 3 aromatic rings. The molecular formula is C26H27NO7. The molecule has 0 bridgehead atoms. The molecule has 8 nitrogen and oxygen atoms in total. The van der Waals surface area contributed by atoms with E-state index >= 15 is 0 Å². The Kier molecular flexibility index (Phi) is 8.21. The first-order valence-corrected chi connectivity index (χ1v) is 11.1. The van der Waals surface area contributed by atoms with Gasteiger partial charge < -0.3 is 24.1 Å². The summed E-state index contributed by atoms with van der Waals surface area (Å²) in [5, 5.41) is 21.5. The molecule has 1 heterocycles. The Balaban J connectivity index is 1.41. The summed E-state index contributed by atoms with van der Waals surface area (Å²) in [6, 6.07) is 25.3. The van der Waals surface area contributed by atoms with Crippen LogP contribution < -0.4 is 4.74 Å². The first-order valence-electron chi connectivity index (χ1n) is 11.1. The number of rotatable bonds is 10. The summed E-state index contributed by atoms with van der Waals surface area (Å²) in [5.41, 5.74) is 1.99. The standard InChI is InChI=1S/C26H27NO7/c28-26-24(32-17-20-9-5-2-6-10-20)15-23(33-22-13-11-21(12-14-22)27(29)30)25(34-26)18-31-16-19-7-3-1-4-8-19/h1-14,23-26,28H,15-18H2/t23-,24-,25-,26+/m1/s1. The zero-order valence-corrected chi connectivity index (χ0v) is 18.6. The van der Waals surface area contributed by atoms with Gasteiger partial charge in [-0.1, -0.05) is 60.7 Å². The largest absolute Gasteiger partial charge is 0.488 e. The molecule has 8 heteroatoms. The molecule has 0 amide bonds. The van der Waals surface area contributed by atoms with Crippen LogP contribution in [0, 0.1) is 10.1 Å². The summed E-state index contributed by atoms with van der Waals surface area (Å²) in [7, 11) is 0. The molecule has 1 saturated heterocycles. The minimum absolute atomic E-state index is 0.0190. The summed E-state index contributed by atoms with van der Waals surface area (Å²) in [6.45, 7) is 0.926. The van der Waals surface area contributed by atoms with Crippen LogP contribution in [0.15, 0.2) is 84.9 Å². The topological polar surface area (TPSA) is 100 Å². The fraction of sp³-hybridized carbons (Fsp3) is 0.308. The lowest BCUT2D eigenvalue weighted by molar-refractivity contribution is -0.384. The summed E-state index contributed by atoms with van der Waals surface area (Å²) in [6.07, 6.45) is -2.41. The van der Waals surface area contributed by atoms with Gasteiger partial charge in [0.2, 0.25) is 0 Å². The van der Waals surface area contributed by atoms with Gasteiger partial charge in [-0.25, -0.2) is 0 Å². The fourth-order valence-electron chi connectivity index (χ4n) is 3.74.